The molecule has 0 fully saturated rings. The molecule has 2 rings (SSSR count). The number of nitrogens with one attached hydrogen (secondary N) is 1. The molecule has 0 aromatic carbocycles. The Morgan fingerprint density at radius 1 is 1.35 bits per heavy atom. The number of hydrogen-bond donors (Lipinski definition) is 2. The van der Waals surface area contributed by atoms with Gasteiger partial charge in [-0.3, -0.25) is 0 Å². The van der Waals surface area contributed by atoms with Crippen LogP contribution in [-0.2, 0) is 19.6 Å². The average molecular weight is 285 g/mol. The summed E-state index contributed by atoms with van der Waals surface area (Å²) >= 11 is 0. The summed E-state index contributed by atoms with van der Waals surface area (Å²) in [6.07, 6.45) is 0.568. The van der Waals surface area contributed by atoms with Crippen molar-refractivity contribution in [2.24, 2.45) is 7.05 Å². The number of anilines is 2. The summed E-state index contributed by atoms with van der Waals surface area (Å²) in [7, 11) is 1.85. The highest BCUT2D eigenvalue weighted by molar-refractivity contribution is 5.65. The van der Waals surface area contributed by atoms with Gasteiger partial charge in [0.1, 0.15) is 11.5 Å². The Morgan fingerprint density at radius 3 is 2.70 bits per heavy atom. The van der Waals surface area contributed by atoms with Crippen LogP contribution in [0, 0.1) is 0 Å². The zero-order chi connectivity index (χ0) is 14.8. The lowest BCUT2D eigenvalue weighted by molar-refractivity contribution is -0.141. The van der Waals surface area contributed by atoms with Crippen LogP contribution in [0.3, 0.4) is 0 Å². The van der Waals surface area contributed by atoms with E-state index in [4.69, 9.17) is 5.73 Å². The minimum atomic E-state index is -4.48. The Morgan fingerprint density at radius 2 is 2.10 bits per heavy atom. The van der Waals surface area contributed by atoms with Crippen LogP contribution < -0.4 is 11.1 Å². The van der Waals surface area contributed by atoms with E-state index < -0.39 is 11.9 Å². The first-order chi connectivity index (χ1) is 9.38. The van der Waals surface area contributed by atoms with Crippen molar-refractivity contribution < 1.29 is 13.2 Å². The molecule has 2 aromatic rings. The zero-order valence-electron chi connectivity index (χ0n) is 10.8. The van der Waals surface area contributed by atoms with Crippen LogP contribution in [0.25, 0.3) is 0 Å². The maximum Gasteiger partial charge on any atom is 0.433 e. The van der Waals surface area contributed by atoms with Crippen molar-refractivity contribution in [3.63, 3.8) is 0 Å². The van der Waals surface area contributed by atoms with Crippen molar-refractivity contribution in [1.82, 2.24) is 14.5 Å². The Balaban J connectivity index is 2.04. The van der Waals surface area contributed by atoms with Crippen LogP contribution in [0.1, 0.15) is 11.5 Å². The number of aromatic nitrogens is 3. The van der Waals surface area contributed by atoms with Gasteiger partial charge in [-0.05, 0) is 6.07 Å². The number of halogens is 3. The molecule has 20 heavy (non-hydrogen) atoms. The van der Waals surface area contributed by atoms with Gasteiger partial charge in [0.2, 0.25) is 0 Å². The van der Waals surface area contributed by atoms with Gasteiger partial charge in [-0.2, -0.15) is 13.2 Å². The van der Waals surface area contributed by atoms with Crippen molar-refractivity contribution in [2.75, 3.05) is 17.6 Å². The lowest BCUT2D eigenvalue weighted by Crippen LogP contribution is -2.13. The minimum Gasteiger partial charge on any atom is -0.396 e. The topological polar surface area (TPSA) is 68.8 Å². The fourth-order valence-electron chi connectivity index (χ4n) is 1.72. The third-order valence-corrected chi connectivity index (χ3v) is 2.81. The number of nitrogens with two attached hydrogens (primary N) is 1. The smallest absolute Gasteiger partial charge is 0.396 e. The van der Waals surface area contributed by atoms with Crippen LogP contribution in [0.4, 0.5) is 24.5 Å². The highest BCUT2D eigenvalue weighted by Crippen LogP contribution is 2.30. The summed E-state index contributed by atoms with van der Waals surface area (Å²) in [5, 5.41) is 2.87. The third kappa shape index (κ3) is 3.19. The molecule has 0 aliphatic carbocycles. The Bertz CT molecular complexity index is 591. The summed E-state index contributed by atoms with van der Waals surface area (Å²) in [5.74, 6) is 0.834. The predicted octanol–water partition coefficient (Wildman–Crippen LogP) is 2.07. The normalized spacial score (nSPS) is 11.6. The summed E-state index contributed by atoms with van der Waals surface area (Å²) in [5.41, 5.74) is 5.04. The highest BCUT2D eigenvalue weighted by Gasteiger charge is 2.32. The van der Waals surface area contributed by atoms with Crippen molar-refractivity contribution in [3.8, 4) is 0 Å². The van der Waals surface area contributed by atoms with Crippen LogP contribution in [-0.4, -0.2) is 21.1 Å². The SMILES string of the molecule is Cn1ccnc1CCNc1cc(C(F)(F)F)ncc1N. The lowest BCUT2D eigenvalue weighted by Gasteiger charge is -2.12. The number of nitrogens with zero attached hydrogens (tertiary/aromatic N) is 3. The first-order valence-electron chi connectivity index (χ1n) is 5.90. The molecule has 5 nitrogen and oxygen atoms in total. The van der Waals surface area contributed by atoms with E-state index in [1.165, 1.54) is 0 Å². The van der Waals surface area contributed by atoms with Crippen LogP contribution >= 0.6 is 0 Å². The third-order valence-electron chi connectivity index (χ3n) is 2.81. The van der Waals surface area contributed by atoms with Crippen molar-refractivity contribution >= 4 is 11.4 Å². The van der Waals surface area contributed by atoms with Gasteiger partial charge in [-0.15, -0.1) is 0 Å². The average Bonchev–Trinajstić information content (AvgIpc) is 2.76. The number of pyridine rings is 1. The quantitative estimate of drug-likeness (QED) is 0.902. The van der Waals surface area contributed by atoms with Crippen LogP contribution in [0.2, 0.25) is 0 Å². The van der Waals surface area contributed by atoms with Gasteiger partial charge in [-0.25, -0.2) is 9.97 Å². The molecule has 0 aliphatic heterocycles. The van der Waals surface area contributed by atoms with E-state index in [9.17, 15) is 13.2 Å². The molecule has 0 saturated carbocycles. The molecule has 2 heterocycles. The first-order valence-corrected chi connectivity index (χ1v) is 5.90. The van der Waals surface area contributed by atoms with Gasteiger partial charge in [0, 0.05) is 32.4 Å². The molecule has 0 aliphatic rings. The molecule has 0 atom stereocenters. The monoisotopic (exact) mass is 285 g/mol. The predicted molar refractivity (Wildman–Crippen MR) is 69.1 cm³/mol. The van der Waals surface area contributed by atoms with Crippen molar-refractivity contribution in [1.29, 1.82) is 0 Å². The number of hydrogen-bond acceptors (Lipinski definition) is 4. The Kier molecular flexibility index (Phi) is 3.82. The second-order valence-electron chi connectivity index (χ2n) is 4.29. The van der Waals surface area contributed by atoms with Gasteiger partial charge in [0.25, 0.3) is 0 Å². The van der Waals surface area contributed by atoms with Crippen LogP contribution in [0.15, 0.2) is 24.7 Å². The summed E-state index contributed by atoms with van der Waals surface area (Å²) < 4.78 is 39.5. The van der Waals surface area contributed by atoms with E-state index in [1.807, 2.05) is 11.6 Å². The number of rotatable bonds is 4. The summed E-state index contributed by atoms with van der Waals surface area (Å²) in [6, 6.07) is 0.910. The maximum atomic E-state index is 12.6. The molecule has 0 radical (unpaired) electrons. The van der Waals surface area contributed by atoms with Crippen molar-refractivity contribution in [3.05, 3.63) is 36.2 Å². The van der Waals surface area contributed by atoms with Gasteiger partial charge in [0.05, 0.1) is 17.6 Å². The molecule has 108 valence electrons. The largest absolute Gasteiger partial charge is 0.433 e. The minimum absolute atomic E-state index is 0.179. The highest BCUT2D eigenvalue weighted by atomic mass is 19.4. The van der Waals surface area contributed by atoms with E-state index in [1.54, 1.807) is 12.4 Å². The summed E-state index contributed by atoms with van der Waals surface area (Å²) in [6.45, 7) is 0.427. The molecule has 0 amide bonds. The number of imidazole rings is 1. The van der Waals surface area contributed by atoms with Crippen molar-refractivity contribution in [2.45, 2.75) is 12.6 Å². The first kappa shape index (κ1) is 14.2. The standard InChI is InChI=1S/C12H14F3N5/c1-20-5-4-18-11(20)2-3-17-9-6-10(12(13,14)15)19-7-8(9)16/h4-7H,2-3,16H2,1H3,(H,17,19). The van der Waals surface area contributed by atoms with E-state index in [-0.39, 0.29) is 11.4 Å². The molecule has 3 N–H and O–H groups in total. The van der Waals surface area contributed by atoms with E-state index >= 15 is 0 Å². The molecule has 8 heteroatoms. The molecule has 2 aromatic heterocycles. The number of alkyl halides is 3. The second-order valence-corrected chi connectivity index (χ2v) is 4.29. The Labute approximate surface area is 113 Å². The molecule has 0 unspecified atom stereocenters. The van der Waals surface area contributed by atoms with E-state index in [0.29, 0.717) is 13.0 Å². The number of aryl methyl sites for hydroxylation is 1. The molecular weight excluding hydrogens is 271 g/mol. The molecular formula is C12H14F3N5. The molecule has 0 saturated heterocycles. The summed E-state index contributed by atoms with van der Waals surface area (Å²) in [4.78, 5) is 7.40. The molecule has 0 spiro atoms. The molecule has 0 bridgehead atoms. The zero-order valence-corrected chi connectivity index (χ0v) is 10.8. The Hall–Kier alpha value is -2.25. The fraction of sp³-hybridized carbons (Fsp3) is 0.333. The maximum absolute atomic E-state index is 12.6. The number of nitrogen functional groups attached to an aromatic ring is 1. The van der Waals surface area contributed by atoms with E-state index in [2.05, 4.69) is 15.3 Å². The second kappa shape index (κ2) is 5.40. The fourth-order valence-corrected chi connectivity index (χ4v) is 1.72. The van der Waals surface area contributed by atoms with E-state index in [0.717, 1.165) is 18.1 Å². The van der Waals surface area contributed by atoms with Gasteiger partial charge in [-0.1, -0.05) is 0 Å². The van der Waals surface area contributed by atoms with Gasteiger partial charge < -0.3 is 15.6 Å². The lowest BCUT2D eigenvalue weighted by atomic mass is 10.2. The van der Waals surface area contributed by atoms with Gasteiger partial charge >= 0.3 is 6.18 Å². The van der Waals surface area contributed by atoms with Gasteiger partial charge in [0.15, 0.2) is 0 Å². The van der Waals surface area contributed by atoms with Crippen LogP contribution in [0.5, 0.6) is 0 Å².